The molecule has 1 heterocycles. The predicted molar refractivity (Wildman–Crippen MR) is 131 cm³/mol. The number of rotatable bonds is 6. The van der Waals surface area contributed by atoms with Crippen LogP contribution in [0.4, 0.5) is 5.69 Å². The third kappa shape index (κ3) is 4.47. The molecule has 1 aliphatic heterocycles. The van der Waals surface area contributed by atoms with Crippen LogP contribution >= 0.6 is 0 Å². The van der Waals surface area contributed by atoms with Gasteiger partial charge in [-0.1, -0.05) is 66.7 Å². The lowest BCUT2D eigenvalue weighted by molar-refractivity contribution is -0.133. The molecule has 176 valence electrons. The lowest BCUT2D eigenvalue weighted by Gasteiger charge is -2.47. The lowest BCUT2D eigenvalue weighted by atomic mass is 9.93. The van der Waals surface area contributed by atoms with Gasteiger partial charge in [-0.15, -0.1) is 0 Å². The fourth-order valence-electron chi connectivity index (χ4n) is 4.23. The van der Waals surface area contributed by atoms with E-state index >= 15 is 0 Å². The van der Waals surface area contributed by atoms with Gasteiger partial charge in [-0.3, -0.25) is 14.5 Å². The Morgan fingerprint density at radius 2 is 1.53 bits per heavy atom. The molecular weight excluding hydrogens is 450 g/mol. The van der Waals surface area contributed by atoms with Gasteiger partial charge < -0.3 is 5.32 Å². The summed E-state index contributed by atoms with van der Waals surface area (Å²) < 4.78 is 27.8. The second-order valence-electron chi connectivity index (χ2n) is 8.54. The average molecular weight is 478 g/mol. The number of hydrogen-bond acceptors (Lipinski definition) is 4. The van der Waals surface area contributed by atoms with E-state index in [0.717, 1.165) is 15.4 Å². The number of benzene rings is 3. The number of sulfonamides is 1. The maximum absolute atomic E-state index is 13.6. The van der Waals surface area contributed by atoms with Crippen LogP contribution in [-0.4, -0.2) is 43.2 Å². The van der Waals surface area contributed by atoms with Crippen LogP contribution in [0.3, 0.4) is 0 Å². The average Bonchev–Trinajstić information content (AvgIpc) is 2.84. The minimum Gasteiger partial charge on any atom is -0.350 e. The van der Waals surface area contributed by atoms with Gasteiger partial charge in [0.25, 0.3) is 0 Å². The SMILES string of the molecule is Cc1ccccc1N1C(=O)CN(S(=O)(=O)c2ccccc2)C[C@@]1(C)C(=O)NCc1ccccc1. The van der Waals surface area contributed by atoms with Crippen LogP contribution in [0.2, 0.25) is 0 Å². The van der Waals surface area contributed by atoms with E-state index in [4.69, 9.17) is 0 Å². The van der Waals surface area contributed by atoms with Crippen molar-refractivity contribution in [3.63, 3.8) is 0 Å². The van der Waals surface area contributed by atoms with E-state index in [1.54, 1.807) is 37.3 Å². The molecule has 1 atom stereocenters. The third-order valence-corrected chi connectivity index (χ3v) is 7.87. The monoisotopic (exact) mass is 477 g/mol. The van der Waals surface area contributed by atoms with Crippen molar-refractivity contribution in [2.75, 3.05) is 18.0 Å². The second kappa shape index (κ2) is 9.40. The van der Waals surface area contributed by atoms with Crippen molar-refractivity contribution in [2.45, 2.75) is 30.8 Å². The summed E-state index contributed by atoms with van der Waals surface area (Å²) in [6, 6.07) is 24.7. The molecule has 8 heteroatoms. The van der Waals surface area contributed by atoms with Crippen molar-refractivity contribution in [2.24, 2.45) is 0 Å². The maximum atomic E-state index is 13.6. The summed E-state index contributed by atoms with van der Waals surface area (Å²) in [4.78, 5) is 28.6. The third-order valence-electron chi connectivity index (χ3n) is 6.06. The van der Waals surface area contributed by atoms with Crippen LogP contribution in [0.25, 0.3) is 0 Å². The number of carbonyl (C=O) groups is 2. The summed E-state index contributed by atoms with van der Waals surface area (Å²) in [6.45, 7) is 3.21. The number of aryl methyl sites for hydroxylation is 1. The molecule has 0 unspecified atom stereocenters. The fraction of sp³-hybridized carbons (Fsp3) is 0.231. The van der Waals surface area contributed by atoms with Gasteiger partial charge in [0, 0.05) is 18.8 Å². The van der Waals surface area contributed by atoms with E-state index < -0.39 is 27.4 Å². The zero-order valence-corrected chi connectivity index (χ0v) is 20.0. The van der Waals surface area contributed by atoms with Crippen molar-refractivity contribution < 1.29 is 18.0 Å². The molecule has 1 saturated heterocycles. The van der Waals surface area contributed by atoms with Gasteiger partial charge in [-0.2, -0.15) is 4.31 Å². The smallest absolute Gasteiger partial charge is 0.247 e. The van der Waals surface area contributed by atoms with Crippen molar-refractivity contribution in [1.82, 2.24) is 9.62 Å². The number of nitrogens with zero attached hydrogens (tertiary/aromatic N) is 2. The van der Waals surface area contributed by atoms with Crippen molar-refractivity contribution in [3.8, 4) is 0 Å². The number of piperazine rings is 1. The Balaban J connectivity index is 1.72. The van der Waals surface area contributed by atoms with Gasteiger partial charge in [-0.05, 0) is 43.2 Å². The Labute approximate surface area is 200 Å². The zero-order valence-electron chi connectivity index (χ0n) is 19.1. The first-order valence-corrected chi connectivity index (χ1v) is 12.4. The quantitative estimate of drug-likeness (QED) is 0.591. The molecule has 1 N–H and O–H groups in total. The molecule has 4 rings (SSSR count). The van der Waals surface area contributed by atoms with Crippen LogP contribution in [0.15, 0.2) is 89.8 Å². The highest BCUT2D eigenvalue weighted by Gasteiger charge is 2.51. The summed E-state index contributed by atoms with van der Waals surface area (Å²) in [6.07, 6.45) is 0. The molecule has 0 aliphatic carbocycles. The van der Waals surface area contributed by atoms with Crippen molar-refractivity contribution >= 4 is 27.5 Å². The summed E-state index contributed by atoms with van der Waals surface area (Å²) in [5, 5.41) is 2.91. The summed E-state index contributed by atoms with van der Waals surface area (Å²) in [5.74, 6) is -0.890. The molecule has 1 fully saturated rings. The number of nitrogens with one attached hydrogen (secondary N) is 1. The van der Waals surface area contributed by atoms with Gasteiger partial charge in [0.05, 0.1) is 11.4 Å². The number of amides is 2. The minimum absolute atomic E-state index is 0.0826. The standard InChI is InChI=1S/C26H27N3O4S/c1-20-11-9-10-16-23(20)29-24(30)18-28(34(32,33)22-14-7-4-8-15-22)19-26(29,2)25(31)27-17-21-12-5-3-6-13-21/h3-16H,17-19H2,1-2H3,(H,27,31)/t26-/m0/s1. The number of carbonyl (C=O) groups excluding carboxylic acids is 2. The van der Waals surface area contributed by atoms with Gasteiger partial charge in [-0.25, -0.2) is 8.42 Å². The largest absolute Gasteiger partial charge is 0.350 e. The van der Waals surface area contributed by atoms with Gasteiger partial charge >= 0.3 is 0 Å². The number of para-hydroxylation sites is 1. The lowest BCUT2D eigenvalue weighted by Crippen LogP contribution is -2.70. The normalized spacial score (nSPS) is 19.1. The first kappa shape index (κ1) is 23.7. The Kier molecular flexibility index (Phi) is 6.54. The molecular formula is C26H27N3O4S. The Morgan fingerprint density at radius 1 is 0.941 bits per heavy atom. The topological polar surface area (TPSA) is 86.8 Å². The molecule has 0 saturated carbocycles. The van der Waals surface area contributed by atoms with Gasteiger partial charge in [0.1, 0.15) is 5.54 Å². The first-order chi connectivity index (χ1) is 16.2. The highest BCUT2D eigenvalue weighted by Crippen LogP contribution is 2.34. The van der Waals surface area contributed by atoms with E-state index in [0.29, 0.717) is 5.69 Å². The number of anilines is 1. The molecule has 3 aromatic carbocycles. The Hall–Kier alpha value is -3.49. The predicted octanol–water partition coefficient (Wildman–Crippen LogP) is 3.11. The van der Waals surface area contributed by atoms with Crippen LogP contribution in [0.5, 0.6) is 0 Å². The number of hydrogen-bond donors (Lipinski definition) is 1. The molecule has 7 nitrogen and oxygen atoms in total. The summed E-state index contributed by atoms with van der Waals surface area (Å²) >= 11 is 0. The Morgan fingerprint density at radius 3 is 2.18 bits per heavy atom. The molecule has 0 bridgehead atoms. The van der Waals surface area contributed by atoms with Gasteiger partial charge in [0.2, 0.25) is 21.8 Å². The van der Waals surface area contributed by atoms with Crippen LogP contribution in [0, 0.1) is 6.92 Å². The molecule has 0 radical (unpaired) electrons. The maximum Gasteiger partial charge on any atom is 0.247 e. The molecule has 3 aromatic rings. The van der Waals surface area contributed by atoms with E-state index in [9.17, 15) is 18.0 Å². The molecule has 2 amide bonds. The molecule has 0 aromatic heterocycles. The minimum atomic E-state index is -3.98. The second-order valence-corrected chi connectivity index (χ2v) is 10.5. The summed E-state index contributed by atoms with van der Waals surface area (Å²) in [5.41, 5.74) is 0.842. The van der Waals surface area contributed by atoms with Crippen LogP contribution in [-0.2, 0) is 26.2 Å². The van der Waals surface area contributed by atoms with E-state index in [2.05, 4.69) is 5.32 Å². The highest BCUT2D eigenvalue weighted by atomic mass is 32.2. The summed E-state index contributed by atoms with van der Waals surface area (Å²) in [7, 11) is -3.98. The van der Waals surface area contributed by atoms with Crippen molar-refractivity contribution in [1.29, 1.82) is 0 Å². The van der Waals surface area contributed by atoms with Gasteiger partial charge in [0.15, 0.2) is 0 Å². The van der Waals surface area contributed by atoms with Crippen LogP contribution in [0.1, 0.15) is 18.1 Å². The Bertz CT molecular complexity index is 1300. The molecule has 34 heavy (non-hydrogen) atoms. The van der Waals surface area contributed by atoms with E-state index in [-0.39, 0.29) is 24.5 Å². The fourth-order valence-corrected chi connectivity index (χ4v) is 5.74. The van der Waals surface area contributed by atoms with Crippen LogP contribution < -0.4 is 10.2 Å². The van der Waals surface area contributed by atoms with Crippen molar-refractivity contribution in [3.05, 3.63) is 96.1 Å². The van der Waals surface area contributed by atoms with E-state index in [1.165, 1.54) is 17.0 Å². The zero-order chi connectivity index (χ0) is 24.3. The highest BCUT2D eigenvalue weighted by molar-refractivity contribution is 7.89. The molecule has 1 aliphatic rings. The first-order valence-electron chi connectivity index (χ1n) is 11.0. The van der Waals surface area contributed by atoms with E-state index in [1.807, 2.05) is 49.4 Å². The molecule has 0 spiro atoms.